The first kappa shape index (κ1) is 11.5. The Hall–Kier alpha value is -1.48. The van der Waals surface area contributed by atoms with Gasteiger partial charge in [-0.25, -0.2) is 0 Å². The van der Waals surface area contributed by atoms with Crippen LogP contribution in [0, 0.1) is 5.92 Å². The number of nitrogens with zero attached hydrogens (tertiary/aromatic N) is 3. The molecule has 0 saturated heterocycles. The van der Waals surface area contributed by atoms with Crippen LogP contribution < -0.4 is 5.32 Å². The van der Waals surface area contributed by atoms with Crippen molar-refractivity contribution in [1.82, 2.24) is 5.32 Å². The molecule has 0 aromatic rings. The summed E-state index contributed by atoms with van der Waals surface area (Å²) in [6.07, 6.45) is 0. The molecule has 1 atom stereocenters. The third kappa shape index (κ3) is 5.75. The summed E-state index contributed by atoms with van der Waals surface area (Å²) in [5, 5.41) is 6.07. The third-order valence-electron chi connectivity index (χ3n) is 1.46. The number of amides is 1. The van der Waals surface area contributed by atoms with E-state index in [1.807, 2.05) is 6.92 Å². The van der Waals surface area contributed by atoms with E-state index in [1.165, 1.54) is 0 Å². The molecule has 1 amide bonds. The van der Waals surface area contributed by atoms with Crippen molar-refractivity contribution in [1.29, 1.82) is 0 Å². The fourth-order valence-electron chi connectivity index (χ4n) is 0.658. The van der Waals surface area contributed by atoms with E-state index in [0.29, 0.717) is 18.7 Å². The molecule has 13 heavy (non-hydrogen) atoms. The van der Waals surface area contributed by atoms with Gasteiger partial charge in [-0.05, 0) is 18.4 Å². The fraction of sp³-hybridized carbons (Fsp3) is 0.625. The van der Waals surface area contributed by atoms with Gasteiger partial charge in [0.2, 0.25) is 5.91 Å². The topological polar surface area (TPSA) is 77.9 Å². The average molecular weight is 182 g/mol. The second kappa shape index (κ2) is 6.08. The Bertz CT molecular complexity index is 243. The summed E-state index contributed by atoms with van der Waals surface area (Å²) in [7, 11) is 0. The number of rotatable bonds is 5. The molecular weight excluding hydrogens is 168 g/mol. The smallest absolute Gasteiger partial charge is 0.246 e. The third-order valence-corrected chi connectivity index (χ3v) is 1.46. The molecule has 0 rings (SSSR count). The maximum Gasteiger partial charge on any atom is 0.246 e. The predicted molar refractivity (Wildman–Crippen MR) is 51.0 cm³/mol. The molecule has 0 saturated carbocycles. The lowest BCUT2D eigenvalue weighted by Crippen LogP contribution is -2.29. The van der Waals surface area contributed by atoms with Crippen LogP contribution in [0.3, 0.4) is 0 Å². The van der Waals surface area contributed by atoms with E-state index in [9.17, 15) is 4.79 Å². The van der Waals surface area contributed by atoms with Gasteiger partial charge >= 0.3 is 0 Å². The SMILES string of the molecule is C=C(C)C(=O)NCC(C)CN=[N+]=[N-]. The molecule has 0 fully saturated rings. The van der Waals surface area contributed by atoms with Gasteiger partial charge in [0, 0.05) is 23.6 Å². The number of hydrogen-bond donors (Lipinski definition) is 1. The van der Waals surface area contributed by atoms with Gasteiger partial charge in [-0.1, -0.05) is 18.6 Å². The van der Waals surface area contributed by atoms with Crippen LogP contribution in [0.15, 0.2) is 17.3 Å². The summed E-state index contributed by atoms with van der Waals surface area (Å²) in [4.78, 5) is 13.6. The summed E-state index contributed by atoms with van der Waals surface area (Å²) in [6.45, 7) is 7.94. The van der Waals surface area contributed by atoms with Crippen LogP contribution in [0.5, 0.6) is 0 Å². The van der Waals surface area contributed by atoms with E-state index in [0.717, 1.165) is 0 Å². The molecule has 5 heteroatoms. The van der Waals surface area contributed by atoms with E-state index < -0.39 is 0 Å². The average Bonchev–Trinajstić information content (AvgIpc) is 2.10. The van der Waals surface area contributed by atoms with Crippen LogP contribution in [0.4, 0.5) is 0 Å². The van der Waals surface area contributed by atoms with Gasteiger partial charge in [-0.3, -0.25) is 4.79 Å². The van der Waals surface area contributed by atoms with E-state index in [2.05, 4.69) is 21.9 Å². The zero-order valence-corrected chi connectivity index (χ0v) is 7.95. The minimum atomic E-state index is -0.159. The minimum Gasteiger partial charge on any atom is -0.352 e. The first-order valence-electron chi connectivity index (χ1n) is 4.02. The number of carbonyl (C=O) groups excluding carboxylic acids is 1. The molecular formula is C8H14N4O. The molecule has 72 valence electrons. The monoisotopic (exact) mass is 182 g/mol. The lowest BCUT2D eigenvalue weighted by atomic mass is 10.2. The van der Waals surface area contributed by atoms with Crippen molar-refractivity contribution in [2.24, 2.45) is 11.0 Å². The highest BCUT2D eigenvalue weighted by atomic mass is 16.1. The Labute approximate surface area is 77.4 Å². The number of nitrogens with one attached hydrogen (secondary N) is 1. The van der Waals surface area contributed by atoms with Gasteiger partial charge in [-0.2, -0.15) is 0 Å². The van der Waals surface area contributed by atoms with Crippen molar-refractivity contribution in [3.8, 4) is 0 Å². The Morgan fingerprint density at radius 3 is 2.85 bits per heavy atom. The van der Waals surface area contributed by atoms with Crippen LogP contribution >= 0.6 is 0 Å². The van der Waals surface area contributed by atoms with Crippen LogP contribution in [0.2, 0.25) is 0 Å². The number of hydrogen-bond acceptors (Lipinski definition) is 2. The molecule has 0 radical (unpaired) electrons. The van der Waals surface area contributed by atoms with Crippen molar-refractivity contribution in [2.75, 3.05) is 13.1 Å². The molecule has 0 aliphatic heterocycles. The Kier molecular flexibility index (Phi) is 5.39. The standard InChI is InChI=1S/C8H14N4O/c1-6(2)8(13)10-4-7(3)5-11-12-9/h7H,1,4-5H2,2-3H3,(H,10,13). The Balaban J connectivity index is 3.69. The molecule has 0 aromatic heterocycles. The maximum absolute atomic E-state index is 11.0. The molecule has 0 heterocycles. The van der Waals surface area contributed by atoms with Gasteiger partial charge < -0.3 is 5.32 Å². The molecule has 1 unspecified atom stereocenters. The van der Waals surface area contributed by atoms with Gasteiger partial charge in [0.25, 0.3) is 0 Å². The Morgan fingerprint density at radius 1 is 1.77 bits per heavy atom. The van der Waals surface area contributed by atoms with Gasteiger partial charge in [0.1, 0.15) is 0 Å². The van der Waals surface area contributed by atoms with Gasteiger partial charge in [0.05, 0.1) is 0 Å². The summed E-state index contributed by atoms with van der Waals surface area (Å²) >= 11 is 0. The molecule has 0 spiro atoms. The molecule has 0 aromatic carbocycles. The minimum absolute atomic E-state index is 0.152. The highest BCUT2D eigenvalue weighted by Crippen LogP contribution is 1.94. The van der Waals surface area contributed by atoms with Crippen LogP contribution in [-0.4, -0.2) is 19.0 Å². The zero-order valence-electron chi connectivity index (χ0n) is 7.95. The van der Waals surface area contributed by atoms with Crippen LogP contribution in [-0.2, 0) is 4.79 Å². The van der Waals surface area contributed by atoms with Crippen LogP contribution in [0.25, 0.3) is 10.4 Å². The van der Waals surface area contributed by atoms with Crippen molar-refractivity contribution >= 4 is 5.91 Å². The molecule has 0 bridgehead atoms. The summed E-state index contributed by atoms with van der Waals surface area (Å²) in [6, 6.07) is 0. The summed E-state index contributed by atoms with van der Waals surface area (Å²) < 4.78 is 0. The highest BCUT2D eigenvalue weighted by Gasteiger charge is 2.04. The first-order valence-corrected chi connectivity index (χ1v) is 4.02. The van der Waals surface area contributed by atoms with E-state index >= 15 is 0 Å². The maximum atomic E-state index is 11.0. The lowest BCUT2D eigenvalue weighted by molar-refractivity contribution is -0.117. The van der Waals surface area contributed by atoms with Gasteiger partial charge in [-0.15, -0.1) is 0 Å². The highest BCUT2D eigenvalue weighted by molar-refractivity contribution is 5.92. The summed E-state index contributed by atoms with van der Waals surface area (Å²) in [5.41, 5.74) is 8.52. The number of azide groups is 1. The van der Waals surface area contributed by atoms with E-state index in [-0.39, 0.29) is 11.8 Å². The Morgan fingerprint density at radius 2 is 2.38 bits per heavy atom. The zero-order chi connectivity index (χ0) is 10.3. The van der Waals surface area contributed by atoms with Crippen molar-refractivity contribution in [2.45, 2.75) is 13.8 Å². The molecule has 1 N–H and O–H groups in total. The predicted octanol–water partition coefficient (Wildman–Crippen LogP) is 1.63. The fourth-order valence-corrected chi connectivity index (χ4v) is 0.658. The van der Waals surface area contributed by atoms with Gasteiger partial charge in [0.15, 0.2) is 0 Å². The van der Waals surface area contributed by atoms with E-state index in [1.54, 1.807) is 6.92 Å². The molecule has 0 aliphatic carbocycles. The summed E-state index contributed by atoms with van der Waals surface area (Å²) in [5.74, 6) is -0.00742. The largest absolute Gasteiger partial charge is 0.352 e. The van der Waals surface area contributed by atoms with Crippen molar-refractivity contribution in [3.05, 3.63) is 22.6 Å². The first-order chi connectivity index (χ1) is 6.07. The number of carbonyl (C=O) groups is 1. The lowest BCUT2D eigenvalue weighted by Gasteiger charge is -2.09. The molecule has 0 aliphatic rings. The second-order valence-corrected chi connectivity index (χ2v) is 3.01. The molecule has 5 nitrogen and oxygen atoms in total. The van der Waals surface area contributed by atoms with Crippen molar-refractivity contribution < 1.29 is 4.79 Å². The van der Waals surface area contributed by atoms with E-state index in [4.69, 9.17) is 5.53 Å². The second-order valence-electron chi connectivity index (χ2n) is 3.01. The van der Waals surface area contributed by atoms with Crippen molar-refractivity contribution in [3.63, 3.8) is 0 Å². The van der Waals surface area contributed by atoms with Crippen LogP contribution in [0.1, 0.15) is 13.8 Å². The normalized spacial score (nSPS) is 11.2. The quantitative estimate of drug-likeness (QED) is 0.298.